The number of anilines is 1. The Morgan fingerprint density at radius 1 is 1.26 bits per heavy atom. The molecule has 1 heterocycles. The fraction of sp³-hybridized carbons (Fsp3) is 0.625. The van der Waals surface area contributed by atoms with Crippen LogP contribution in [0.4, 0.5) is 5.69 Å². The predicted molar refractivity (Wildman–Crippen MR) is 86.8 cm³/mol. The Morgan fingerprint density at radius 3 is 2.42 bits per heavy atom. The Labute approximate surface area is 125 Å². The van der Waals surface area contributed by atoms with Gasteiger partial charge < -0.3 is 10.2 Å². The first-order valence-corrected chi connectivity index (χ1v) is 7.94. The number of halogens is 1. The third-order valence-electron chi connectivity index (χ3n) is 4.37. The van der Waals surface area contributed by atoms with Crippen LogP contribution < -0.4 is 10.2 Å². The molecule has 0 amide bonds. The number of hydrogen-bond acceptors (Lipinski definition) is 2. The van der Waals surface area contributed by atoms with Crippen LogP contribution in [0.15, 0.2) is 22.7 Å². The molecular weight excluding hydrogens is 300 g/mol. The van der Waals surface area contributed by atoms with E-state index in [1.54, 1.807) is 0 Å². The summed E-state index contributed by atoms with van der Waals surface area (Å²) >= 11 is 3.71. The number of benzene rings is 1. The van der Waals surface area contributed by atoms with Crippen LogP contribution in [0.3, 0.4) is 0 Å². The molecule has 1 fully saturated rings. The van der Waals surface area contributed by atoms with Crippen LogP contribution in [0.2, 0.25) is 0 Å². The normalized spacial score (nSPS) is 20.4. The summed E-state index contributed by atoms with van der Waals surface area (Å²) in [5, 5.41) is 3.29. The minimum Gasteiger partial charge on any atom is -0.371 e. The van der Waals surface area contributed by atoms with Crippen LogP contribution in [0.1, 0.15) is 45.2 Å². The van der Waals surface area contributed by atoms with Crippen molar-refractivity contribution in [3.05, 3.63) is 28.2 Å². The summed E-state index contributed by atoms with van der Waals surface area (Å²) in [5.41, 5.74) is 3.17. The highest BCUT2D eigenvalue weighted by Crippen LogP contribution is 2.34. The highest BCUT2D eigenvalue weighted by molar-refractivity contribution is 9.10. The van der Waals surface area contributed by atoms with E-state index < -0.39 is 0 Å². The van der Waals surface area contributed by atoms with Crippen molar-refractivity contribution in [3.63, 3.8) is 0 Å². The Hall–Kier alpha value is -0.540. The van der Waals surface area contributed by atoms with Crippen molar-refractivity contribution >= 4 is 21.6 Å². The fourth-order valence-electron chi connectivity index (χ4n) is 2.59. The first kappa shape index (κ1) is 14.9. The molecule has 2 rings (SSSR count). The van der Waals surface area contributed by atoms with Crippen molar-refractivity contribution in [2.45, 2.75) is 39.7 Å². The molecule has 19 heavy (non-hydrogen) atoms. The highest BCUT2D eigenvalue weighted by atomic mass is 79.9. The zero-order valence-electron chi connectivity index (χ0n) is 12.5. The third kappa shape index (κ3) is 3.51. The Balaban J connectivity index is 2.12. The predicted octanol–water partition coefficient (Wildman–Crippen LogP) is 4.36. The summed E-state index contributed by atoms with van der Waals surface area (Å²) in [6.45, 7) is 9.26. The lowest BCUT2D eigenvalue weighted by Gasteiger charge is -2.38. The largest absolute Gasteiger partial charge is 0.371 e. The van der Waals surface area contributed by atoms with Crippen LogP contribution in [0, 0.1) is 5.41 Å². The second-order valence-electron chi connectivity index (χ2n) is 6.37. The number of nitrogens with one attached hydrogen (secondary N) is 1. The van der Waals surface area contributed by atoms with E-state index in [0.29, 0.717) is 11.5 Å². The van der Waals surface area contributed by atoms with E-state index in [-0.39, 0.29) is 0 Å². The summed E-state index contributed by atoms with van der Waals surface area (Å²) in [6, 6.07) is 7.14. The fourth-order valence-corrected chi connectivity index (χ4v) is 3.30. The van der Waals surface area contributed by atoms with Gasteiger partial charge in [0.05, 0.1) is 0 Å². The molecular formula is C16H25BrN2. The molecule has 3 heteroatoms. The Morgan fingerprint density at radius 2 is 1.89 bits per heavy atom. The number of piperidine rings is 1. The number of rotatable bonds is 3. The molecule has 1 N–H and O–H groups in total. The summed E-state index contributed by atoms with van der Waals surface area (Å²) in [7, 11) is 2.00. The quantitative estimate of drug-likeness (QED) is 0.888. The van der Waals surface area contributed by atoms with Crippen molar-refractivity contribution in [2.75, 3.05) is 25.0 Å². The molecule has 1 aromatic carbocycles. The lowest BCUT2D eigenvalue weighted by atomic mass is 9.82. The van der Waals surface area contributed by atoms with E-state index in [2.05, 4.69) is 65.1 Å². The van der Waals surface area contributed by atoms with Crippen LogP contribution in [-0.4, -0.2) is 20.1 Å². The van der Waals surface area contributed by atoms with Gasteiger partial charge in [-0.25, -0.2) is 0 Å². The van der Waals surface area contributed by atoms with Gasteiger partial charge in [0.25, 0.3) is 0 Å². The van der Waals surface area contributed by atoms with Gasteiger partial charge in [-0.15, -0.1) is 0 Å². The molecule has 1 unspecified atom stereocenters. The van der Waals surface area contributed by atoms with E-state index in [1.807, 2.05) is 7.05 Å². The van der Waals surface area contributed by atoms with Crippen molar-refractivity contribution in [2.24, 2.45) is 5.41 Å². The second kappa shape index (κ2) is 5.84. The molecule has 1 aliphatic heterocycles. The average Bonchev–Trinajstić information content (AvgIpc) is 2.37. The van der Waals surface area contributed by atoms with Gasteiger partial charge in [-0.3, -0.25) is 0 Å². The van der Waals surface area contributed by atoms with Crippen LogP contribution in [0.5, 0.6) is 0 Å². The second-order valence-corrected chi connectivity index (χ2v) is 7.22. The Bertz CT molecular complexity index is 432. The van der Waals surface area contributed by atoms with Gasteiger partial charge in [0.1, 0.15) is 0 Å². The monoisotopic (exact) mass is 324 g/mol. The lowest BCUT2D eigenvalue weighted by Crippen LogP contribution is -2.37. The Kier molecular flexibility index (Phi) is 4.57. The molecule has 0 aliphatic carbocycles. The average molecular weight is 325 g/mol. The summed E-state index contributed by atoms with van der Waals surface area (Å²) < 4.78 is 1.21. The highest BCUT2D eigenvalue weighted by Gasteiger charge is 2.25. The van der Waals surface area contributed by atoms with E-state index in [1.165, 1.54) is 41.7 Å². The first-order valence-electron chi connectivity index (χ1n) is 7.14. The van der Waals surface area contributed by atoms with Crippen LogP contribution in [0.25, 0.3) is 0 Å². The summed E-state index contributed by atoms with van der Waals surface area (Å²) in [5.74, 6) is 0. The number of nitrogens with zero attached hydrogens (tertiary/aromatic N) is 1. The molecule has 0 saturated carbocycles. The lowest BCUT2D eigenvalue weighted by molar-refractivity contribution is 0.280. The van der Waals surface area contributed by atoms with Gasteiger partial charge in [0.2, 0.25) is 0 Å². The van der Waals surface area contributed by atoms with Crippen LogP contribution >= 0.6 is 15.9 Å². The molecule has 1 aliphatic rings. The SMILES string of the molecule is CNC(C)c1ccc(N2CCC(C)(C)CC2)cc1Br. The topological polar surface area (TPSA) is 15.3 Å². The molecule has 106 valence electrons. The zero-order valence-corrected chi connectivity index (χ0v) is 14.0. The molecule has 1 aromatic rings. The summed E-state index contributed by atoms with van der Waals surface area (Å²) in [6.07, 6.45) is 2.55. The maximum absolute atomic E-state index is 3.71. The van der Waals surface area contributed by atoms with Gasteiger partial charge in [0, 0.05) is 29.3 Å². The zero-order chi connectivity index (χ0) is 14.0. The molecule has 1 saturated heterocycles. The van der Waals surface area contributed by atoms with Gasteiger partial charge in [-0.05, 0) is 49.9 Å². The van der Waals surface area contributed by atoms with E-state index in [9.17, 15) is 0 Å². The van der Waals surface area contributed by atoms with Gasteiger partial charge in [0.15, 0.2) is 0 Å². The molecule has 0 radical (unpaired) electrons. The molecule has 0 aromatic heterocycles. The van der Waals surface area contributed by atoms with Crippen molar-refractivity contribution < 1.29 is 0 Å². The van der Waals surface area contributed by atoms with E-state index in [0.717, 1.165) is 0 Å². The van der Waals surface area contributed by atoms with Crippen molar-refractivity contribution in [1.29, 1.82) is 0 Å². The van der Waals surface area contributed by atoms with E-state index >= 15 is 0 Å². The van der Waals surface area contributed by atoms with Crippen molar-refractivity contribution in [1.82, 2.24) is 5.32 Å². The van der Waals surface area contributed by atoms with Gasteiger partial charge in [-0.2, -0.15) is 0 Å². The maximum atomic E-state index is 3.71. The standard InChI is InChI=1S/C16H25BrN2/c1-12(18-4)14-6-5-13(11-15(14)17)19-9-7-16(2,3)8-10-19/h5-6,11-12,18H,7-10H2,1-4H3. The molecule has 0 bridgehead atoms. The van der Waals surface area contributed by atoms with Crippen molar-refractivity contribution in [3.8, 4) is 0 Å². The molecule has 2 nitrogen and oxygen atoms in total. The minimum atomic E-state index is 0.378. The smallest absolute Gasteiger partial charge is 0.0377 e. The van der Waals surface area contributed by atoms with E-state index in [4.69, 9.17) is 0 Å². The molecule has 0 spiro atoms. The van der Waals surface area contributed by atoms with Gasteiger partial charge >= 0.3 is 0 Å². The third-order valence-corrected chi connectivity index (χ3v) is 5.05. The maximum Gasteiger partial charge on any atom is 0.0377 e. The van der Waals surface area contributed by atoms with Gasteiger partial charge in [-0.1, -0.05) is 35.8 Å². The first-order chi connectivity index (χ1) is 8.93. The minimum absolute atomic E-state index is 0.378. The number of hydrogen-bond donors (Lipinski definition) is 1. The summed E-state index contributed by atoms with van der Waals surface area (Å²) in [4.78, 5) is 2.50. The molecule has 1 atom stereocenters. The van der Waals surface area contributed by atoms with Crippen LogP contribution in [-0.2, 0) is 0 Å².